The van der Waals surface area contributed by atoms with Crippen LogP contribution in [0.2, 0.25) is 0 Å². The fourth-order valence-corrected chi connectivity index (χ4v) is 0.879. The van der Waals surface area contributed by atoms with Gasteiger partial charge in [-0.1, -0.05) is 13.8 Å². The van der Waals surface area contributed by atoms with E-state index >= 15 is 0 Å². The summed E-state index contributed by atoms with van der Waals surface area (Å²) in [4.78, 5) is 21.3. The number of ether oxygens (including phenoxy) is 1. The van der Waals surface area contributed by atoms with Gasteiger partial charge >= 0.3 is 12.1 Å². The lowest BCUT2D eigenvalue weighted by Gasteiger charge is -2.23. The van der Waals surface area contributed by atoms with Gasteiger partial charge in [0.05, 0.1) is 7.11 Å². The van der Waals surface area contributed by atoms with Crippen LogP contribution in [0.4, 0.5) is 4.79 Å². The summed E-state index contributed by atoms with van der Waals surface area (Å²) in [6.07, 6.45) is -1.08. The Labute approximate surface area is 75.7 Å². The number of amides is 1. The number of carbonyl (C=O) groups is 2. The molecule has 0 fully saturated rings. The standard InChI is InChI=1S/C7H13NO5/c1-4(2)5(6(9)10)8(12)7(11)13-3/h4-5,12H,1-3H3,(H,9,10)/t5-/m0/s1. The first-order valence-corrected chi connectivity index (χ1v) is 3.70. The largest absolute Gasteiger partial charge is 0.480 e. The van der Waals surface area contributed by atoms with Gasteiger partial charge in [0.1, 0.15) is 0 Å². The van der Waals surface area contributed by atoms with Gasteiger partial charge in [0.15, 0.2) is 6.04 Å². The molecule has 0 saturated heterocycles. The third-order valence-electron chi connectivity index (χ3n) is 1.51. The number of carboxylic acid groups (broad SMARTS) is 1. The van der Waals surface area contributed by atoms with Crippen molar-refractivity contribution >= 4 is 12.1 Å². The molecule has 76 valence electrons. The minimum Gasteiger partial charge on any atom is -0.480 e. The van der Waals surface area contributed by atoms with Crippen LogP contribution in [0.15, 0.2) is 0 Å². The molecule has 0 aromatic heterocycles. The van der Waals surface area contributed by atoms with E-state index in [0.717, 1.165) is 7.11 Å². The molecule has 0 bridgehead atoms. The van der Waals surface area contributed by atoms with Crippen LogP contribution in [0.3, 0.4) is 0 Å². The van der Waals surface area contributed by atoms with Crippen molar-refractivity contribution in [1.82, 2.24) is 5.06 Å². The van der Waals surface area contributed by atoms with Crippen molar-refractivity contribution < 1.29 is 24.6 Å². The van der Waals surface area contributed by atoms with Crippen LogP contribution >= 0.6 is 0 Å². The predicted molar refractivity (Wildman–Crippen MR) is 42.3 cm³/mol. The van der Waals surface area contributed by atoms with Gasteiger partial charge in [-0.15, -0.1) is 0 Å². The Kier molecular flexibility index (Phi) is 4.19. The molecule has 0 aliphatic carbocycles. The zero-order chi connectivity index (χ0) is 10.6. The number of aliphatic carboxylic acids is 1. The number of rotatable bonds is 3. The molecule has 0 radical (unpaired) electrons. The van der Waals surface area contributed by atoms with Gasteiger partial charge in [-0.2, -0.15) is 5.06 Å². The zero-order valence-corrected chi connectivity index (χ0v) is 7.72. The summed E-state index contributed by atoms with van der Waals surface area (Å²) in [5.74, 6) is -1.68. The molecule has 6 nitrogen and oxygen atoms in total. The molecular formula is C7H13NO5. The average Bonchev–Trinajstić information content (AvgIpc) is 2.01. The number of carboxylic acids is 1. The molecule has 0 aliphatic rings. The van der Waals surface area contributed by atoms with Crippen molar-refractivity contribution in [3.05, 3.63) is 0 Å². The van der Waals surface area contributed by atoms with E-state index in [1.807, 2.05) is 0 Å². The fraction of sp³-hybridized carbons (Fsp3) is 0.714. The third-order valence-corrected chi connectivity index (χ3v) is 1.51. The minimum absolute atomic E-state index is 0.0764. The molecule has 1 amide bonds. The van der Waals surface area contributed by atoms with Crippen LogP contribution in [0.25, 0.3) is 0 Å². The molecule has 0 aromatic rings. The van der Waals surface area contributed by atoms with Crippen molar-refractivity contribution in [2.24, 2.45) is 5.92 Å². The van der Waals surface area contributed by atoms with E-state index in [-0.39, 0.29) is 5.06 Å². The quantitative estimate of drug-likeness (QED) is 0.502. The second-order valence-corrected chi connectivity index (χ2v) is 2.84. The SMILES string of the molecule is COC(=O)N(O)[C@H](C(=O)O)C(C)C. The summed E-state index contributed by atoms with van der Waals surface area (Å²) in [6, 6.07) is -1.28. The first kappa shape index (κ1) is 11.7. The highest BCUT2D eigenvalue weighted by Gasteiger charge is 2.32. The number of hydroxylamine groups is 2. The summed E-state index contributed by atoms with van der Waals surface area (Å²) in [5.41, 5.74) is 0. The summed E-state index contributed by atoms with van der Waals surface area (Å²) < 4.78 is 4.17. The lowest BCUT2D eigenvalue weighted by molar-refractivity contribution is -0.165. The van der Waals surface area contributed by atoms with E-state index in [0.29, 0.717) is 0 Å². The fourth-order valence-electron chi connectivity index (χ4n) is 0.879. The lowest BCUT2D eigenvalue weighted by atomic mass is 10.1. The van der Waals surface area contributed by atoms with Crippen molar-refractivity contribution in [2.45, 2.75) is 19.9 Å². The van der Waals surface area contributed by atoms with Crippen LogP contribution in [0, 0.1) is 5.92 Å². The molecule has 0 unspecified atom stereocenters. The summed E-state index contributed by atoms with van der Waals surface area (Å²) >= 11 is 0. The Balaban J connectivity index is 4.55. The van der Waals surface area contributed by atoms with Crippen LogP contribution in [-0.4, -0.2) is 40.6 Å². The second kappa shape index (κ2) is 4.66. The predicted octanol–water partition coefficient (Wildman–Crippen LogP) is 0.553. The maximum Gasteiger partial charge on any atom is 0.434 e. The molecule has 0 saturated carbocycles. The Hall–Kier alpha value is -1.30. The lowest BCUT2D eigenvalue weighted by Crippen LogP contribution is -2.46. The first-order valence-electron chi connectivity index (χ1n) is 3.70. The molecule has 0 aliphatic heterocycles. The van der Waals surface area contributed by atoms with Crippen LogP contribution in [0.5, 0.6) is 0 Å². The Morgan fingerprint density at radius 3 is 2.08 bits per heavy atom. The maximum atomic E-state index is 10.8. The maximum absolute atomic E-state index is 10.8. The number of hydrogen-bond donors (Lipinski definition) is 2. The van der Waals surface area contributed by atoms with Crippen LogP contribution in [-0.2, 0) is 9.53 Å². The number of hydrogen-bond acceptors (Lipinski definition) is 4. The zero-order valence-electron chi connectivity index (χ0n) is 7.72. The van der Waals surface area contributed by atoms with Crippen LogP contribution < -0.4 is 0 Å². The second-order valence-electron chi connectivity index (χ2n) is 2.84. The normalized spacial score (nSPS) is 12.4. The van der Waals surface area contributed by atoms with Crippen molar-refractivity contribution in [2.75, 3.05) is 7.11 Å². The van der Waals surface area contributed by atoms with Crippen molar-refractivity contribution in [3.63, 3.8) is 0 Å². The molecule has 6 heteroatoms. The van der Waals surface area contributed by atoms with Gasteiger partial charge in [-0.05, 0) is 5.92 Å². The highest BCUT2D eigenvalue weighted by atomic mass is 16.6. The molecule has 2 N–H and O–H groups in total. The summed E-state index contributed by atoms with van der Waals surface area (Å²) in [6.45, 7) is 3.15. The Bertz CT molecular complexity index is 203. The van der Waals surface area contributed by atoms with E-state index in [9.17, 15) is 9.59 Å². The van der Waals surface area contributed by atoms with Gasteiger partial charge in [-0.3, -0.25) is 5.21 Å². The molecule has 0 spiro atoms. The minimum atomic E-state index is -1.28. The highest BCUT2D eigenvalue weighted by molar-refractivity contribution is 5.79. The number of methoxy groups -OCH3 is 1. The van der Waals surface area contributed by atoms with Crippen LogP contribution in [0.1, 0.15) is 13.8 Å². The number of carbonyl (C=O) groups excluding carboxylic acids is 1. The Morgan fingerprint density at radius 1 is 1.38 bits per heavy atom. The monoisotopic (exact) mass is 191 g/mol. The number of nitrogens with zero attached hydrogens (tertiary/aromatic N) is 1. The van der Waals surface area contributed by atoms with Gasteiger partial charge < -0.3 is 9.84 Å². The summed E-state index contributed by atoms with van der Waals surface area (Å²) in [7, 11) is 1.06. The molecule has 13 heavy (non-hydrogen) atoms. The topological polar surface area (TPSA) is 87.1 Å². The molecular weight excluding hydrogens is 178 g/mol. The molecule has 0 heterocycles. The van der Waals surface area contributed by atoms with E-state index in [2.05, 4.69) is 4.74 Å². The first-order chi connectivity index (χ1) is 5.91. The van der Waals surface area contributed by atoms with Gasteiger partial charge in [0.2, 0.25) is 0 Å². The van der Waals surface area contributed by atoms with Crippen molar-refractivity contribution in [3.8, 4) is 0 Å². The van der Waals surface area contributed by atoms with E-state index < -0.39 is 24.0 Å². The molecule has 0 rings (SSSR count). The summed E-state index contributed by atoms with van der Waals surface area (Å²) in [5, 5.41) is 17.8. The van der Waals surface area contributed by atoms with Crippen molar-refractivity contribution in [1.29, 1.82) is 0 Å². The van der Waals surface area contributed by atoms with E-state index in [1.165, 1.54) is 0 Å². The van der Waals surface area contributed by atoms with E-state index in [1.54, 1.807) is 13.8 Å². The third kappa shape index (κ3) is 2.90. The van der Waals surface area contributed by atoms with Gasteiger partial charge in [-0.25, -0.2) is 9.59 Å². The van der Waals surface area contributed by atoms with E-state index in [4.69, 9.17) is 10.3 Å². The van der Waals surface area contributed by atoms with Gasteiger partial charge in [0, 0.05) is 0 Å². The highest BCUT2D eigenvalue weighted by Crippen LogP contribution is 2.09. The molecule has 0 aromatic carbocycles. The van der Waals surface area contributed by atoms with Gasteiger partial charge in [0.25, 0.3) is 0 Å². The molecule has 1 atom stereocenters. The average molecular weight is 191 g/mol. The smallest absolute Gasteiger partial charge is 0.434 e. The Morgan fingerprint density at radius 2 is 1.85 bits per heavy atom.